The molecule has 1 amide bonds. The topological polar surface area (TPSA) is 46.3 Å². The third kappa shape index (κ3) is 3.25. The number of carbonyl (C=O) groups excluding carboxylic acids is 1. The van der Waals surface area contributed by atoms with E-state index in [1.165, 1.54) is 6.42 Å². The molecule has 1 atom stereocenters. The molecule has 1 aliphatic heterocycles. The molecule has 0 bridgehead atoms. The van der Waals surface area contributed by atoms with Crippen LogP contribution in [0.5, 0.6) is 0 Å². The van der Waals surface area contributed by atoms with Gasteiger partial charge >= 0.3 is 0 Å². The second kappa shape index (κ2) is 5.29. The Morgan fingerprint density at radius 2 is 2.00 bits per heavy atom. The number of likely N-dealkylation sites (tertiary alicyclic amines) is 1. The maximum Gasteiger partial charge on any atom is 0.223 e. The zero-order valence-electron chi connectivity index (χ0n) is 8.66. The van der Waals surface area contributed by atoms with E-state index in [0.29, 0.717) is 11.4 Å². The zero-order valence-corrected chi connectivity index (χ0v) is 9.48. The van der Waals surface area contributed by atoms with E-state index in [1.54, 1.807) is 0 Å². The van der Waals surface area contributed by atoms with Gasteiger partial charge in [-0.3, -0.25) is 4.79 Å². The third-order valence-corrected chi connectivity index (χ3v) is 3.08. The van der Waals surface area contributed by atoms with Crippen LogP contribution >= 0.6 is 12.2 Å². The first kappa shape index (κ1) is 11.4. The van der Waals surface area contributed by atoms with Crippen molar-refractivity contribution in [2.45, 2.75) is 32.6 Å². The number of rotatable bonds is 3. The minimum Gasteiger partial charge on any atom is -0.393 e. The summed E-state index contributed by atoms with van der Waals surface area (Å²) in [6.45, 7) is 3.72. The Kier molecular flexibility index (Phi) is 4.32. The number of piperidine rings is 1. The maximum atomic E-state index is 11.7. The largest absolute Gasteiger partial charge is 0.393 e. The van der Waals surface area contributed by atoms with Gasteiger partial charge in [-0.25, -0.2) is 0 Å². The number of nitrogens with two attached hydrogens (primary N) is 1. The summed E-state index contributed by atoms with van der Waals surface area (Å²) in [5.74, 6) is 0.226. The molecule has 0 saturated carbocycles. The standard InChI is InChI=1S/C10H18N2OS/c1-8(10(11)14)7-9(13)12-5-3-2-4-6-12/h8H,2-7H2,1H3,(H2,11,14). The summed E-state index contributed by atoms with van der Waals surface area (Å²) >= 11 is 4.85. The number of thiocarbonyl (C=S) groups is 1. The van der Waals surface area contributed by atoms with Crippen molar-refractivity contribution in [1.29, 1.82) is 0 Å². The van der Waals surface area contributed by atoms with E-state index in [0.717, 1.165) is 25.9 Å². The lowest BCUT2D eigenvalue weighted by molar-refractivity contribution is -0.132. The Hall–Kier alpha value is -0.640. The van der Waals surface area contributed by atoms with Gasteiger partial charge in [0.2, 0.25) is 5.91 Å². The molecular formula is C10H18N2OS. The fourth-order valence-corrected chi connectivity index (χ4v) is 1.72. The van der Waals surface area contributed by atoms with Crippen molar-refractivity contribution in [3.05, 3.63) is 0 Å². The Labute approximate surface area is 90.6 Å². The van der Waals surface area contributed by atoms with Gasteiger partial charge < -0.3 is 10.6 Å². The van der Waals surface area contributed by atoms with Gasteiger partial charge in [0.1, 0.15) is 0 Å². The highest BCUT2D eigenvalue weighted by molar-refractivity contribution is 7.80. The van der Waals surface area contributed by atoms with Crippen LogP contribution in [0.1, 0.15) is 32.6 Å². The quantitative estimate of drug-likeness (QED) is 0.721. The maximum absolute atomic E-state index is 11.7. The van der Waals surface area contributed by atoms with Crippen LogP contribution in [0.3, 0.4) is 0 Å². The predicted molar refractivity (Wildman–Crippen MR) is 61.0 cm³/mol. The summed E-state index contributed by atoms with van der Waals surface area (Å²) in [5, 5.41) is 0. The molecule has 2 N–H and O–H groups in total. The van der Waals surface area contributed by atoms with Crippen LogP contribution in [0, 0.1) is 5.92 Å². The Balaban J connectivity index is 2.36. The van der Waals surface area contributed by atoms with E-state index in [2.05, 4.69) is 0 Å². The predicted octanol–water partition coefficient (Wildman–Crippen LogP) is 1.31. The van der Waals surface area contributed by atoms with Crippen molar-refractivity contribution in [2.75, 3.05) is 13.1 Å². The van der Waals surface area contributed by atoms with E-state index < -0.39 is 0 Å². The minimum absolute atomic E-state index is 0.0272. The highest BCUT2D eigenvalue weighted by Crippen LogP contribution is 2.12. The Bertz CT molecular complexity index is 224. The molecule has 1 rings (SSSR count). The van der Waals surface area contributed by atoms with E-state index in [9.17, 15) is 4.79 Å². The van der Waals surface area contributed by atoms with E-state index in [4.69, 9.17) is 18.0 Å². The SMILES string of the molecule is CC(CC(=O)N1CCCCC1)C(N)=S. The lowest BCUT2D eigenvalue weighted by Gasteiger charge is -2.27. The fraction of sp³-hybridized carbons (Fsp3) is 0.800. The molecule has 0 aliphatic carbocycles. The molecule has 0 aromatic rings. The van der Waals surface area contributed by atoms with Crippen LogP contribution < -0.4 is 5.73 Å². The molecule has 1 unspecified atom stereocenters. The normalized spacial score (nSPS) is 19.1. The van der Waals surface area contributed by atoms with Crippen LogP contribution in [-0.4, -0.2) is 28.9 Å². The van der Waals surface area contributed by atoms with Crippen molar-refractivity contribution >= 4 is 23.1 Å². The van der Waals surface area contributed by atoms with Gasteiger partial charge in [-0.05, 0) is 19.3 Å². The van der Waals surface area contributed by atoms with Gasteiger partial charge in [-0.1, -0.05) is 19.1 Å². The van der Waals surface area contributed by atoms with Gasteiger partial charge in [0.25, 0.3) is 0 Å². The van der Waals surface area contributed by atoms with Gasteiger partial charge in [0.15, 0.2) is 0 Å². The van der Waals surface area contributed by atoms with Gasteiger partial charge in [-0.15, -0.1) is 0 Å². The lowest BCUT2D eigenvalue weighted by Crippen LogP contribution is -2.37. The van der Waals surface area contributed by atoms with Gasteiger partial charge in [0.05, 0.1) is 4.99 Å². The van der Waals surface area contributed by atoms with Crippen molar-refractivity contribution in [3.8, 4) is 0 Å². The monoisotopic (exact) mass is 214 g/mol. The zero-order chi connectivity index (χ0) is 10.6. The first-order valence-corrected chi connectivity index (χ1v) is 5.59. The molecule has 3 nitrogen and oxygen atoms in total. The number of hydrogen-bond acceptors (Lipinski definition) is 2. The van der Waals surface area contributed by atoms with Crippen molar-refractivity contribution in [2.24, 2.45) is 11.7 Å². The first-order valence-electron chi connectivity index (χ1n) is 5.18. The molecule has 0 aromatic carbocycles. The van der Waals surface area contributed by atoms with Crippen LogP contribution in [0.25, 0.3) is 0 Å². The van der Waals surface area contributed by atoms with Crippen LogP contribution in [-0.2, 0) is 4.79 Å². The highest BCUT2D eigenvalue weighted by atomic mass is 32.1. The molecule has 14 heavy (non-hydrogen) atoms. The third-order valence-electron chi connectivity index (χ3n) is 2.68. The molecule has 4 heteroatoms. The van der Waals surface area contributed by atoms with Gasteiger partial charge in [-0.2, -0.15) is 0 Å². The summed E-state index contributed by atoms with van der Waals surface area (Å²) in [7, 11) is 0. The van der Waals surface area contributed by atoms with Crippen molar-refractivity contribution in [1.82, 2.24) is 4.90 Å². The number of nitrogens with zero attached hydrogens (tertiary/aromatic N) is 1. The smallest absolute Gasteiger partial charge is 0.223 e. The summed E-state index contributed by atoms with van der Waals surface area (Å²) in [6.07, 6.45) is 3.98. The van der Waals surface area contributed by atoms with E-state index in [1.807, 2.05) is 11.8 Å². The summed E-state index contributed by atoms with van der Waals surface area (Å²) in [6, 6.07) is 0. The Morgan fingerprint density at radius 1 is 1.43 bits per heavy atom. The van der Waals surface area contributed by atoms with Crippen LogP contribution in [0.2, 0.25) is 0 Å². The second-order valence-corrected chi connectivity index (χ2v) is 4.42. The van der Waals surface area contributed by atoms with Crippen LogP contribution in [0.15, 0.2) is 0 Å². The highest BCUT2D eigenvalue weighted by Gasteiger charge is 2.19. The molecule has 0 aromatic heterocycles. The van der Waals surface area contributed by atoms with E-state index in [-0.39, 0.29) is 11.8 Å². The van der Waals surface area contributed by atoms with Gasteiger partial charge in [0, 0.05) is 25.4 Å². The van der Waals surface area contributed by atoms with E-state index >= 15 is 0 Å². The molecule has 0 spiro atoms. The summed E-state index contributed by atoms with van der Waals surface area (Å²) < 4.78 is 0. The van der Waals surface area contributed by atoms with Crippen molar-refractivity contribution in [3.63, 3.8) is 0 Å². The number of hydrogen-bond donors (Lipinski definition) is 1. The average Bonchev–Trinajstić information content (AvgIpc) is 2.19. The minimum atomic E-state index is 0.0272. The molecule has 1 heterocycles. The molecule has 1 aliphatic rings. The summed E-state index contributed by atoms with van der Waals surface area (Å²) in [4.78, 5) is 14.1. The molecule has 80 valence electrons. The molecular weight excluding hydrogens is 196 g/mol. The summed E-state index contributed by atoms with van der Waals surface area (Å²) in [5.41, 5.74) is 5.47. The number of amides is 1. The van der Waals surface area contributed by atoms with Crippen molar-refractivity contribution < 1.29 is 4.79 Å². The van der Waals surface area contributed by atoms with Crippen LogP contribution in [0.4, 0.5) is 0 Å². The first-order chi connectivity index (χ1) is 6.61. The molecule has 1 saturated heterocycles. The lowest BCUT2D eigenvalue weighted by atomic mass is 10.1. The second-order valence-electron chi connectivity index (χ2n) is 3.95. The number of carbonyl (C=O) groups is 1. The molecule has 0 radical (unpaired) electrons. The Morgan fingerprint density at radius 3 is 2.50 bits per heavy atom. The average molecular weight is 214 g/mol. The fourth-order valence-electron chi connectivity index (χ4n) is 1.63. The molecule has 1 fully saturated rings.